The van der Waals surface area contributed by atoms with Gasteiger partial charge in [0, 0.05) is 6.08 Å². The average Bonchev–Trinajstić information content (AvgIpc) is 2.56. The van der Waals surface area contributed by atoms with Crippen LogP contribution < -0.4 is 0 Å². The number of carbonyl (C=O) groups is 2. The molecule has 0 aliphatic carbocycles. The number of imide groups is 1. The lowest BCUT2D eigenvalue weighted by molar-refractivity contribution is -0.126. The number of ether oxygens (including phenoxy) is 1. The van der Waals surface area contributed by atoms with Crippen molar-refractivity contribution in [2.24, 2.45) is 0 Å². The fourth-order valence-corrected chi connectivity index (χ4v) is 1.56. The normalized spacial score (nSPS) is 21.8. The van der Waals surface area contributed by atoms with E-state index in [1.807, 2.05) is 0 Å². The van der Waals surface area contributed by atoms with E-state index in [0.29, 0.717) is 6.42 Å². The molecule has 0 aromatic heterocycles. The Morgan fingerprint density at radius 3 is 2.65 bits per heavy atom. The van der Waals surface area contributed by atoms with Crippen LogP contribution in [-0.4, -0.2) is 39.8 Å². The summed E-state index contributed by atoms with van der Waals surface area (Å²) < 4.78 is 5.13. The van der Waals surface area contributed by atoms with Gasteiger partial charge in [-0.05, 0) is 27.2 Å². The second-order valence-corrected chi connectivity index (χ2v) is 5.01. The van der Waals surface area contributed by atoms with Crippen LogP contribution in [-0.2, 0) is 9.53 Å². The van der Waals surface area contributed by atoms with Crippen LogP contribution in [0, 0.1) is 0 Å². The van der Waals surface area contributed by atoms with Gasteiger partial charge >= 0.3 is 6.09 Å². The summed E-state index contributed by atoms with van der Waals surface area (Å²) in [5.41, 5.74) is -0.665. The van der Waals surface area contributed by atoms with Gasteiger partial charge in [0.1, 0.15) is 5.60 Å². The lowest BCUT2D eigenvalue weighted by atomic mass is 10.1. The SMILES string of the molecule is CCC(O)C1C=CC(=O)N1C(=O)OC(C)(C)C. The van der Waals surface area contributed by atoms with Crippen molar-refractivity contribution < 1.29 is 19.4 Å². The Balaban J connectivity index is 2.80. The molecule has 2 amide bonds. The molecule has 0 aromatic carbocycles. The van der Waals surface area contributed by atoms with E-state index >= 15 is 0 Å². The molecule has 1 heterocycles. The highest BCUT2D eigenvalue weighted by molar-refractivity contribution is 6.01. The van der Waals surface area contributed by atoms with E-state index in [1.54, 1.807) is 27.7 Å². The fraction of sp³-hybridized carbons (Fsp3) is 0.667. The van der Waals surface area contributed by atoms with Gasteiger partial charge < -0.3 is 9.84 Å². The van der Waals surface area contributed by atoms with Crippen molar-refractivity contribution in [3.05, 3.63) is 12.2 Å². The Morgan fingerprint density at radius 1 is 1.59 bits per heavy atom. The third kappa shape index (κ3) is 3.30. The summed E-state index contributed by atoms with van der Waals surface area (Å²) in [5.74, 6) is -0.447. The molecule has 5 nitrogen and oxygen atoms in total. The number of amides is 2. The zero-order valence-electron chi connectivity index (χ0n) is 10.6. The number of hydrogen-bond donors (Lipinski definition) is 1. The van der Waals surface area contributed by atoms with Crippen molar-refractivity contribution in [2.75, 3.05) is 0 Å². The van der Waals surface area contributed by atoms with E-state index in [2.05, 4.69) is 0 Å². The van der Waals surface area contributed by atoms with Gasteiger partial charge in [-0.2, -0.15) is 0 Å². The molecule has 96 valence electrons. The number of rotatable bonds is 2. The quantitative estimate of drug-likeness (QED) is 0.794. The predicted octanol–water partition coefficient (Wildman–Crippen LogP) is 1.46. The van der Waals surface area contributed by atoms with Gasteiger partial charge in [0.15, 0.2) is 0 Å². The summed E-state index contributed by atoms with van der Waals surface area (Å²) in [6.07, 6.45) is 1.80. The largest absolute Gasteiger partial charge is 0.443 e. The van der Waals surface area contributed by atoms with Crippen LogP contribution in [0.4, 0.5) is 4.79 Å². The van der Waals surface area contributed by atoms with Crippen LogP contribution >= 0.6 is 0 Å². The summed E-state index contributed by atoms with van der Waals surface area (Å²) >= 11 is 0. The van der Waals surface area contributed by atoms with E-state index in [0.717, 1.165) is 4.90 Å². The lowest BCUT2D eigenvalue weighted by Gasteiger charge is -2.29. The van der Waals surface area contributed by atoms with Crippen LogP contribution in [0.2, 0.25) is 0 Å². The minimum absolute atomic E-state index is 0.447. The predicted molar refractivity (Wildman–Crippen MR) is 62.3 cm³/mol. The van der Waals surface area contributed by atoms with E-state index < -0.39 is 29.7 Å². The Morgan fingerprint density at radius 2 is 2.18 bits per heavy atom. The molecule has 0 radical (unpaired) electrons. The molecule has 0 saturated carbocycles. The molecule has 2 unspecified atom stereocenters. The number of aliphatic hydroxyl groups is 1. The van der Waals surface area contributed by atoms with Crippen molar-refractivity contribution in [1.82, 2.24) is 4.90 Å². The standard InChI is InChI=1S/C12H19NO4/c1-5-9(14)8-6-7-10(15)13(8)11(16)17-12(2,3)4/h6-9,14H,5H2,1-4H3. The third-order valence-electron chi connectivity index (χ3n) is 2.37. The monoisotopic (exact) mass is 241 g/mol. The molecule has 1 aliphatic heterocycles. The van der Waals surface area contributed by atoms with Crippen LogP contribution in [0.5, 0.6) is 0 Å². The number of aliphatic hydroxyl groups excluding tert-OH is 1. The molecule has 1 N–H and O–H groups in total. The molecular formula is C12H19NO4. The molecule has 1 rings (SSSR count). The maximum atomic E-state index is 11.8. The topological polar surface area (TPSA) is 66.8 Å². The maximum absolute atomic E-state index is 11.8. The smallest absolute Gasteiger partial charge is 0.417 e. The van der Waals surface area contributed by atoms with Gasteiger partial charge in [0.2, 0.25) is 0 Å². The van der Waals surface area contributed by atoms with Gasteiger partial charge in [-0.3, -0.25) is 4.79 Å². The maximum Gasteiger partial charge on any atom is 0.417 e. The Kier molecular flexibility index (Phi) is 3.93. The van der Waals surface area contributed by atoms with Crippen LogP contribution in [0.25, 0.3) is 0 Å². The molecule has 0 aromatic rings. The van der Waals surface area contributed by atoms with Gasteiger partial charge in [-0.15, -0.1) is 0 Å². The van der Waals surface area contributed by atoms with Crippen molar-refractivity contribution in [3.63, 3.8) is 0 Å². The van der Waals surface area contributed by atoms with Gasteiger partial charge in [-0.1, -0.05) is 13.0 Å². The highest BCUT2D eigenvalue weighted by Crippen LogP contribution is 2.20. The van der Waals surface area contributed by atoms with Gasteiger partial charge in [0.25, 0.3) is 5.91 Å². The second kappa shape index (κ2) is 4.87. The van der Waals surface area contributed by atoms with E-state index in [1.165, 1.54) is 12.2 Å². The Bertz CT molecular complexity index is 343. The first-order valence-electron chi connectivity index (χ1n) is 5.68. The van der Waals surface area contributed by atoms with Crippen molar-refractivity contribution >= 4 is 12.0 Å². The molecule has 0 fully saturated rings. The van der Waals surface area contributed by atoms with Gasteiger partial charge in [0.05, 0.1) is 12.1 Å². The average molecular weight is 241 g/mol. The third-order valence-corrected chi connectivity index (χ3v) is 2.37. The van der Waals surface area contributed by atoms with E-state index in [4.69, 9.17) is 4.74 Å². The highest BCUT2D eigenvalue weighted by atomic mass is 16.6. The van der Waals surface area contributed by atoms with Crippen molar-refractivity contribution in [1.29, 1.82) is 0 Å². The minimum Gasteiger partial charge on any atom is -0.443 e. The summed E-state index contributed by atoms with van der Waals surface area (Å²) in [6, 6.07) is -0.623. The summed E-state index contributed by atoms with van der Waals surface area (Å²) in [6.45, 7) is 6.97. The zero-order valence-corrected chi connectivity index (χ0v) is 10.6. The summed E-state index contributed by atoms with van der Waals surface area (Å²) in [5, 5.41) is 9.74. The highest BCUT2D eigenvalue weighted by Gasteiger charge is 2.37. The lowest BCUT2D eigenvalue weighted by Crippen LogP contribution is -2.47. The first kappa shape index (κ1) is 13.7. The molecule has 0 spiro atoms. The van der Waals surface area contributed by atoms with Crippen LogP contribution in [0.1, 0.15) is 34.1 Å². The molecule has 17 heavy (non-hydrogen) atoms. The Labute approximate surface area is 101 Å². The van der Waals surface area contributed by atoms with E-state index in [-0.39, 0.29) is 0 Å². The van der Waals surface area contributed by atoms with Crippen molar-refractivity contribution in [3.8, 4) is 0 Å². The van der Waals surface area contributed by atoms with E-state index in [9.17, 15) is 14.7 Å². The number of carbonyl (C=O) groups excluding carboxylic acids is 2. The number of hydrogen-bond acceptors (Lipinski definition) is 4. The van der Waals surface area contributed by atoms with Crippen LogP contribution in [0.3, 0.4) is 0 Å². The summed E-state index contributed by atoms with van der Waals surface area (Å²) in [4.78, 5) is 24.4. The molecule has 1 aliphatic rings. The molecular weight excluding hydrogens is 222 g/mol. The second-order valence-electron chi connectivity index (χ2n) is 5.01. The first-order chi connectivity index (χ1) is 7.76. The summed E-state index contributed by atoms with van der Waals surface area (Å²) in [7, 11) is 0. The molecule has 0 bridgehead atoms. The van der Waals surface area contributed by atoms with Crippen molar-refractivity contribution in [2.45, 2.75) is 51.9 Å². The first-order valence-corrected chi connectivity index (χ1v) is 5.68. The molecule has 5 heteroatoms. The minimum atomic E-state index is -0.759. The Hall–Kier alpha value is -1.36. The fourth-order valence-electron chi connectivity index (χ4n) is 1.56. The zero-order chi connectivity index (χ0) is 13.2. The molecule has 2 atom stereocenters. The van der Waals surface area contributed by atoms with Crippen LogP contribution in [0.15, 0.2) is 12.2 Å². The molecule has 0 saturated heterocycles. The van der Waals surface area contributed by atoms with Gasteiger partial charge in [-0.25, -0.2) is 9.69 Å². The number of nitrogens with zero attached hydrogens (tertiary/aromatic N) is 1.